The maximum absolute atomic E-state index is 14.4. The van der Waals surface area contributed by atoms with Crippen molar-refractivity contribution in [2.45, 2.75) is 19.8 Å². The van der Waals surface area contributed by atoms with Crippen molar-refractivity contribution in [1.29, 1.82) is 0 Å². The molecule has 3 rings (SSSR count). The van der Waals surface area contributed by atoms with Crippen molar-refractivity contribution < 1.29 is 18.3 Å². The standard InChI is InChI=1S/C16H13F2NO2S/c1-3-21-15(20)16(17,18)14-10-6-7-22-13(10)11-8-9(2)4-5-12(11)19-14/h4-8H,3H2,1-2H3. The van der Waals surface area contributed by atoms with E-state index in [-0.39, 0.29) is 6.61 Å². The van der Waals surface area contributed by atoms with Crippen LogP contribution < -0.4 is 0 Å². The van der Waals surface area contributed by atoms with Gasteiger partial charge < -0.3 is 4.74 Å². The van der Waals surface area contributed by atoms with Crippen LogP contribution in [0.3, 0.4) is 0 Å². The van der Waals surface area contributed by atoms with Gasteiger partial charge in [-0.25, -0.2) is 9.78 Å². The number of thiophene rings is 1. The van der Waals surface area contributed by atoms with E-state index in [1.165, 1.54) is 18.3 Å². The Morgan fingerprint density at radius 1 is 1.32 bits per heavy atom. The Hall–Kier alpha value is -2.08. The number of pyridine rings is 1. The van der Waals surface area contributed by atoms with Gasteiger partial charge in [0.2, 0.25) is 0 Å². The molecule has 0 radical (unpaired) electrons. The molecule has 0 atom stereocenters. The first-order valence-electron chi connectivity index (χ1n) is 6.78. The second-order valence-corrected chi connectivity index (χ2v) is 5.86. The summed E-state index contributed by atoms with van der Waals surface area (Å²) in [4.78, 5) is 15.7. The lowest BCUT2D eigenvalue weighted by molar-refractivity contribution is -0.173. The minimum atomic E-state index is -3.77. The highest BCUT2D eigenvalue weighted by atomic mass is 32.1. The van der Waals surface area contributed by atoms with Crippen molar-refractivity contribution in [3.63, 3.8) is 0 Å². The Labute approximate surface area is 129 Å². The number of ether oxygens (including phenoxy) is 1. The van der Waals surface area contributed by atoms with Gasteiger partial charge in [0.1, 0.15) is 5.69 Å². The highest BCUT2D eigenvalue weighted by molar-refractivity contribution is 7.18. The number of carbonyl (C=O) groups excluding carboxylic acids is 1. The number of hydrogen-bond acceptors (Lipinski definition) is 4. The third-order valence-corrected chi connectivity index (χ3v) is 4.33. The number of alkyl halides is 2. The monoisotopic (exact) mass is 321 g/mol. The average Bonchev–Trinajstić information content (AvgIpc) is 2.96. The molecule has 0 aliphatic rings. The first kappa shape index (κ1) is 14.8. The van der Waals surface area contributed by atoms with Gasteiger partial charge in [0.15, 0.2) is 0 Å². The summed E-state index contributed by atoms with van der Waals surface area (Å²) in [6.07, 6.45) is 0. The minimum absolute atomic E-state index is 0.103. The van der Waals surface area contributed by atoms with E-state index >= 15 is 0 Å². The fourth-order valence-electron chi connectivity index (χ4n) is 2.37. The topological polar surface area (TPSA) is 39.2 Å². The van der Waals surface area contributed by atoms with Crippen molar-refractivity contribution in [3.05, 3.63) is 40.9 Å². The molecule has 0 unspecified atom stereocenters. The number of rotatable bonds is 3. The number of carbonyl (C=O) groups is 1. The van der Waals surface area contributed by atoms with Gasteiger partial charge in [-0.2, -0.15) is 8.78 Å². The van der Waals surface area contributed by atoms with Crippen LogP contribution in [-0.2, 0) is 15.5 Å². The lowest BCUT2D eigenvalue weighted by Crippen LogP contribution is -2.29. The largest absolute Gasteiger partial charge is 0.461 e. The summed E-state index contributed by atoms with van der Waals surface area (Å²) in [6, 6.07) is 6.97. The number of aryl methyl sites for hydroxylation is 1. The second kappa shape index (κ2) is 5.28. The van der Waals surface area contributed by atoms with Gasteiger partial charge >= 0.3 is 11.9 Å². The molecule has 0 saturated carbocycles. The van der Waals surface area contributed by atoms with E-state index in [1.54, 1.807) is 23.6 Å². The highest BCUT2D eigenvalue weighted by Crippen LogP contribution is 2.38. The third kappa shape index (κ3) is 2.23. The minimum Gasteiger partial charge on any atom is -0.461 e. The van der Waals surface area contributed by atoms with Gasteiger partial charge in [-0.1, -0.05) is 11.6 Å². The van der Waals surface area contributed by atoms with Gasteiger partial charge in [-0.3, -0.25) is 0 Å². The Morgan fingerprint density at radius 2 is 2.09 bits per heavy atom. The van der Waals surface area contributed by atoms with Crippen LogP contribution in [0.5, 0.6) is 0 Å². The van der Waals surface area contributed by atoms with Gasteiger partial charge in [0, 0.05) is 15.5 Å². The molecule has 6 heteroatoms. The van der Waals surface area contributed by atoms with Gasteiger partial charge in [0.25, 0.3) is 0 Å². The van der Waals surface area contributed by atoms with Crippen LogP contribution >= 0.6 is 11.3 Å². The summed E-state index contributed by atoms with van der Waals surface area (Å²) in [5.74, 6) is -5.34. The molecule has 3 nitrogen and oxygen atoms in total. The SMILES string of the molecule is CCOC(=O)C(F)(F)c1nc2ccc(C)cc2c2sccc12. The summed E-state index contributed by atoms with van der Waals surface area (Å²) in [5.41, 5.74) is 0.923. The molecule has 0 N–H and O–H groups in total. The maximum Gasteiger partial charge on any atom is 0.385 e. The first-order chi connectivity index (χ1) is 10.4. The fourth-order valence-corrected chi connectivity index (χ4v) is 3.29. The molecule has 0 amide bonds. The van der Waals surface area contributed by atoms with E-state index in [1.807, 2.05) is 13.0 Å². The molecule has 114 valence electrons. The van der Waals surface area contributed by atoms with E-state index < -0.39 is 17.6 Å². The molecule has 0 saturated heterocycles. The predicted molar refractivity (Wildman–Crippen MR) is 82.4 cm³/mol. The zero-order valence-electron chi connectivity index (χ0n) is 12.0. The van der Waals surface area contributed by atoms with Crippen molar-refractivity contribution in [1.82, 2.24) is 4.98 Å². The van der Waals surface area contributed by atoms with Crippen LogP contribution in [0, 0.1) is 6.92 Å². The molecule has 0 fully saturated rings. The quantitative estimate of drug-likeness (QED) is 0.671. The summed E-state index contributed by atoms with van der Waals surface area (Å²) in [7, 11) is 0. The summed E-state index contributed by atoms with van der Waals surface area (Å²) in [6.45, 7) is 3.32. The first-order valence-corrected chi connectivity index (χ1v) is 7.66. The molecule has 0 aliphatic carbocycles. The molecular weight excluding hydrogens is 308 g/mol. The van der Waals surface area contributed by atoms with Crippen molar-refractivity contribution in [3.8, 4) is 0 Å². The van der Waals surface area contributed by atoms with E-state index in [4.69, 9.17) is 0 Å². The van der Waals surface area contributed by atoms with E-state index in [0.29, 0.717) is 15.6 Å². The highest BCUT2D eigenvalue weighted by Gasteiger charge is 2.46. The van der Waals surface area contributed by atoms with Gasteiger partial charge in [-0.05, 0) is 37.4 Å². The zero-order chi connectivity index (χ0) is 15.9. The second-order valence-electron chi connectivity index (χ2n) is 4.94. The normalized spacial score (nSPS) is 12.0. The zero-order valence-corrected chi connectivity index (χ0v) is 12.8. The number of esters is 1. The smallest absolute Gasteiger partial charge is 0.385 e. The Balaban J connectivity index is 2.31. The van der Waals surface area contributed by atoms with Crippen LogP contribution in [0.15, 0.2) is 29.6 Å². The number of hydrogen-bond donors (Lipinski definition) is 0. The molecule has 1 aromatic carbocycles. The maximum atomic E-state index is 14.4. The summed E-state index contributed by atoms with van der Waals surface area (Å²) < 4.78 is 34.0. The molecule has 3 aromatic rings. The molecule has 0 bridgehead atoms. The Morgan fingerprint density at radius 3 is 2.82 bits per heavy atom. The van der Waals surface area contributed by atoms with Crippen molar-refractivity contribution >= 4 is 38.3 Å². The number of halogens is 2. The molecular formula is C16H13F2NO2S. The van der Waals surface area contributed by atoms with Crippen LogP contribution in [0.25, 0.3) is 21.0 Å². The lowest BCUT2D eigenvalue weighted by atomic mass is 10.1. The van der Waals surface area contributed by atoms with Gasteiger partial charge in [0.05, 0.1) is 12.1 Å². The molecule has 22 heavy (non-hydrogen) atoms. The lowest BCUT2D eigenvalue weighted by Gasteiger charge is -2.16. The fraction of sp³-hybridized carbons (Fsp3) is 0.250. The Kier molecular flexibility index (Phi) is 3.56. The summed E-state index contributed by atoms with van der Waals surface area (Å²) in [5, 5.41) is 2.83. The number of fused-ring (bicyclic) bond motifs is 3. The van der Waals surface area contributed by atoms with E-state index in [2.05, 4.69) is 9.72 Å². The van der Waals surface area contributed by atoms with Crippen LogP contribution in [0.4, 0.5) is 8.78 Å². The number of nitrogens with zero attached hydrogens (tertiary/aromatic N) is 1. The number of aromatic nitrogens is 1. The van der Waals surface area contributed by atoms with Crippen LogP contribution in [0.1, 0.15) is 18.2 Å². The molecule has 0 spiro atoms. The van der Waals surface area contributed by atoms with E-state index in [9.17, 15) is 13.6 Å². The Bertz CT molecular complexity index is 873. The van der Waals surface area contributed by atoms with E-state index in [0.717, 1.165) is 10.9 Å². The predicted octanol–water partition coefficient (Wildman–Crippen LogP) is 4.41. The third-order valence-electron chi connectivity index (χ3n) is 3.38. The van der Waals surface area contributed by atoms with Crippen LogP contribution in [0.2, 0.25) is 0 Å². The molecule has 2 heterocycles. The van der Waals surface area contributed by atoms with Crippen LogP contribution in [-0.4, -0.2) is 17.6 Å². The average molecular weight is 321 g/mol. The van der Waals surface area contributed by atoms with Crippen molar-refractivity contribution in [2.24, 2.45) is 0 Å². The van der Waals surface area contributed by atoms with Gasteiger partial charge in [-0.15, -0.1) is 11.3 Å². The van der Waals surface area contributed by atoms with Crippen molar-refractivity contribution in [2.75, 3.05) is 6.61 Å². The molecule has 2 aromatic heterocycles. The number of benzene rings is 1. The summed E-state index contributed by atoms with van der Waals surface area (Å²) >= 11 is 1.36. The molecule has 0 aliphatic heterocycles.